The Balaban J connectivity index is 1.48. The van der Waals surface area contributed by atoms with E-state index in [0.717, 1.165) is 24.2 Å². The molecule has 0 radical (unpaired) electrons. The van der Waals surface area contributed by atoms with Gasteiger partial charge < -0.3 is 35.6 Å². The number of rotatable bonds is 6. The summed E-state index contributed by atoms with van der Waals surface area (Å²) in [4.78, 5) is 43.7. The van der Waals surface area contributed by atoms with Gasteiger partial charge in [-0.1, -0.05) is 12.1 Å². The number of methoxy groups -OCH3 is 1. The summed E-state index contributed by atoms with van der Waals surface area (Å²) in [6.45, 7) is 3.62. The van der Waals surface area contributed by atoms with Gasteiger partial charge >= 0.3 is 0 Å². The molecule has 1 amide bonds. The number of ketones is 2. The fraction of sp³-hybridized carbons (Fsp3) is 0.424. The Kier molecular flexibility index (Phi) is 7.72. The van der Waals surface area contributed by atoms with E-state index in [2.05, 4.69) is 4.90 Å². The van der Waals surface area contributed by atoms with Crippen LogP contribution in [0.1, 0.15) is 27.9 Å². The number of carbonyl (C=O) groups is 3. The molecule has 6 rings (SSSR count). The topological polar surface area (TPSA) is 183 Å². The normalized spacial score (nSPS) is 26.9. The number of aliphatic hydroxyl groups excluding tert-OH is 2. The Morgan fingerprint density at radius 1 is 1.11 bits per heavy atom. The molecule has 4 aliphatic rings. The minimum atomic E-state index is -2.69. The molecule has 2 aromatic rings. The monoisotopic (exact) mass is 619 g/mol. The van der Waals surface area contributed by atoms with Crippen molar-refractivity contribution in [1.29, 1.82) is 0 Å². The van der Waals surface area contributed by atoms with Crippen LogP contribution in [0.25, 0.3) is 11.1 Å². The molecule has 4 atom stereocenters. The molecule has 0 spiro atoms. The van der Waals surface area contributed by atoms with Crippen LogP contribution in [-0.4, -0.2) is 107 Å². The second kappa shape index (κ2) is 11.3. The minimum absolute atomic E-state index is 0.00899. The zero-order chi connectivity index (χ0) is 32.4. The van der Waals surface area contributed by atoms with Crippen molar-refractivity contribution in [2.75, 3.05) is 47.5 Å². The third kappa shape index (κ3) is 4.71. The molecule has 0 unspecified atom stereocenters. The number of morpholine rings is 1. The molecule has 2 aromatic carbocycles. The first-order valence-corrected chi connectivity index (χ1v) is 14.9. The lowest BCUT2D eigenvalue weighted by molar-refractivity contribution is -0.148. The van der Waals surface area contributed by atoms with Crippen LogP contribution in [0.4, 0.5) is 0 Å². The number of benzene rings is 2. The maximum Gasteiger partial charge on any atom is 0.255 e. The summed E-state index contributed by atoms with van der Waals surface area (Å²) in [6.07, 6.45) is 0.185. The van der Waals surface area contributed by atoms with Gasteiger partial charge in [0.05, 0.1) is 31.9 Å². The molecule has 1 heterocycles. The molecular formula is C33H37N3O9. The number of ether oxygens (including phenoxy) is 2. The summed E-state index contributed by atoms with van der Waals surface area (Å²) in [5.74, 6) is -6.28. The third-order valence-electron chi connectivity index (χ3n) is 9.67. The van der Waals surface area contributed by atoms with Crippen LogP contribution in [0.15, 0.2) is 53.0 Å². The summed E-state index contributed by atoms with van der Waals surface area (Å²) in [5.41, 5.74) is 4.60. The Labute approximate surface area is 259 Å². The van der Waals surface area contributed by atoms with E-state index >= 15 is 0 Å². The van der Waals surface area contributed by atoms with Crippen molar-refractivity contribution in [3.8, 4) is 22.6 Å². The average Bonchev–Trinajstić information content (AvgIpc) is 2.99. The van der Waals surface area contributed by atoms with Gasteiger partial charge in [0, 0.05) is 36.7 Å². The lowest BCUT2D eigenvalue weighted by Crippen LogP contribution is -2.63. The highest BCUT2D eigenvalue weighted by Gasteiger charge is 2.63. The lowest BCUT2D eigenvalue weighted by atomic mass is 9.58. The number of fused-ring (bicyclic) bond motifs is 3. The fourth-order valence-electron chi connectivity index (χ4n) is 7.58. The number of amides is 1. The Bertz CT molecular complexity index is 1670. The first kappa shape index (κ1) is 30.8. The van der Waals surface area contributed by atoms with Crippen LogP contribution in [0.2, 0.25) is 0 Å². The molecule has 238 valence electrons. The molecule has 0 aromatic heterocycles. The first-order chi connectivity index (χ1) is 21.4. The van der Waals surface area contributed by atoms with E-state index in [1.54, 1.807) is 27.3 Å². The number of likely N-dealkylation sites (N-methyl/N-ethyl adjacent to an activating group) is 1. The number of carbonyl (C=O) groups excluding carboxylic acids is 3. The van der Waals surface area contributed by atoms with Crippen LogP contribution in [0.5, 0.6) is 11.5 Å². The second-order valence-corrected chi connectivity index (χ2v) is 12.4. The van der Waals surface area contributed by atoms with E-state index in [0.29, 0.717) is 36.6 Å². The maximum atomic E-state index is 14.2. The van der Waals surface area contributed by atoms with E-state index in [1.165, 1.54) is 11.0 Å². The van der Waals surface area contributed by atoms with Gasteiger partial charge in [-0.25, -0.2) is 0 Å². The van der Waals surface area contributed by atoms with Crippen molar-refractivity contribution >= 4 is 17.5 Å². The third-order valence-corrected chi connectivity index (χ3v) is 9.67. The molecule has 45 heavy (non-hydrogen) atoms. The summed E-state index contributed by atoms with van der Waals surface area (Å²) in [5, 5.41) is 45.4. The summed E-state index contributed by atoms with van der Waals surface area (Å²) < 4.78 is 11.2. The number of hydrogen-bond donors (Lipinski definition) is 5. The molecule has 1 aliphatic heterocycles. The van der Waals surface area contributed by atoms with Crippen molar-refractivity contribution in [3.63, 3.8) is 0 Å². The molecule has 3 aliphatic carbocycles. The zero-order valence-corrected chi connectivity index (χ0v) is 25.4. The van der Waals surface area contributed by atoms with E-state index in [1.807, 2.05) is 18.2 Å². The SMILES string of the molecule is COc1ccc(CN2CCOCC2)cc1-c1ccc(O)c2c1C[C@H]1C[C@H]3[C@H](N(C)C)C(O)=C(C(N)=O)C(=O)[C@@]3(O)C(O)=C1C2=O. The fourth-order valence-corrected chi connectivity index (χ4v) is 7.58. The van der Waals surface area contributed by atoms with E-state index in [9.17, 15) is 34.8 Å². The van der Waals surface area contributed by atoms with Crippen LogP contribution < -0.4 is 10.5 Å². The first-order valence-electron chi connectivity index (χ1n) is 14.9. The van der Waals surface area contributed by atoms with Crippen molar-refractivity contribution in [2.24, 2.45) is 17.6 Å². The van der Waals surface area contributed by atoms with Crippen LogP contribution in [0, 0.1) is 11.8 Å². The Morgan fingerprint density at radius 3 is 2.47 bits per heavy atom. The largest absolute Gasteiger partial charge is 0.510 e. The van der Waals surface area contributed by atoms with Crippen LogP contribution in [0.3, 0.4) is 0 Å². The van der Waals surface area contributed by atoms with Gasteiger partial charge in [-0.05, 0) is 67.7 Å². The number of nitrogens with two attached hydrogens (primary N) is 1. The number of Topliss-reactive ketones (excluding diaryl/α,β-unsaturated/α-hetero) is 2. The van der Waals surface area contributed by atoms with Gasteiger partial charge in [0.15, 0.2) is 11.4 Å². The van der Waals surface area contributed by atoms with Crippen molar-refractivity contribution < 1.29 is 44.3 Å². The van der Waals surface area contributed by atoms with Gasteiger partial charge in [-0.2, -0.15) is 0 Å². The van der Waals surface area contributed by atoms with Gasteiger partial charge in [0.1, 0.15) is 28.6 Å². The summed E-state index contributed by atoms with van der Waals surface area (Å²) >= 11 is 0. The number of hydrogen-bond acceptors (Lipinski definition) is 11. The Morgan fingerprint density at radius 2 is 1.82 bits per heavy atom. The number of primary amides is 1. The maximum absolute atomic E-state index is 14.2. The number of phenols is 1. The standard InChI is InChI=1S/C33H37N3O9/c1-35(2)27-21-14-17-13-20-18(19-12-16(4-7-23(19)44-3)15-36-8-10-45-11-9-36)5-6-22(37)25(20)28(38)24(17)30(40)33(21,43)31(41)26(29(27)39)32(34)42/h4-7,12,17,21,27,37,39-40,43H,8-11,13-15H2,1-3H3,(H2,34,42)/t17-,21-,27-,33-/m0/s1. The second-order valence-electron chi connectivity index (χ2n) is 12.4. The van der Waals surface area contributed by atoms with E-state index in [4.69, 9.17) is 15.2 Å². The predicted molar refractivity (Wildman–Crippen MR) is 162 cm³/mol. The number of aliphatic hydroxyl groups is 3. The average molecular weight is 620 g/mol. The molecule has 1 saturated heterocycles. The highest BCUT2D eigenvalue weighted by Crippen LogP contribution is 2.53. The number of allylic oxidation sites excluding steroid dienone is 1. The number of aromatic hydroxyl groups is 1. The number of nitrogens with zero attached hydrogens (tertiary/aromatic N) is 2. The molecular weight excluding hydrogens is 582 g/mol. The van der Waals surface area contributed by atoms with E-state index in [-0.39, 0.29) is 29.7 Å². The predicted octanol–water partition coefficient (Wildman–Crippen LogP) is 1.63. The molecule has 0 saturated carbocycles. The number of phenolic OH excluding ortho intramolecular Hbond substituents is 1. The summed E-state index contributed by atoms with van der Waals surface area (Å²) in [6, 6.07) is 7.93. The molecule has 12 nitrogen and oxygen atoms in total. The minimum Gasteiger partial charge on any atom is -0.510 e. The van der Waals surface area contributed by atoms with Crippen LogP contribution >= 0.6 is 0 Å². The van der Waals surface area contributed by atoms with Gasteiger partial charge in [0.2, 0.25) is 5.78 Å². The zero-order valence-electron chi connectivity index (χ0n) is 25.4. The van der Waals surface area contributed by atoms with Gasteiger partial charge in [-0.3, -0.25) is 24.2 Å². The van der Waals surface area contributed by atoms with Crippen molar-refractivity contribution in [3.05, 3.63) is 69.7 Å². The highest BCUT2D eigenvalue weighted by atomic mass is 16.5. The lowest BCUT2D eigenvalue weighted by Gasteiger charge is -2.50. The van der Waals surface area contributed by atoms with Gasteiger partial charge in [-0.15, -0.1) is 0 Å². The van der Waals surface area contributed by atoms with E-state index < -0.39 is 58.0 Å². The molecule has 0 bridgehead atoms. The van der Waals surface area contributed by atoms with Crippen LogP contribution in [-0.2, 0) is 27.3 Å². The van der Waals surface area contributed by atoms with Gasteiger partial charge in [0.25, 0.3) is 5.91 Å². The molecule has 6 N–H and O–H groups in total. The highest BCUT2D eigenvalue weighted by molar-refractivity contribution is 6.25. The van der Waals surface area contributed by atoms with Crippen molar-refractivity contribution in [1.82, 2.24) is 9.80 Å². The Hall–Kier alpha value is -4.23. The smallest absolute Gasteiger partial charge is 0.255 e. The molecule has 1 fully saturated rings. The molecule has 12 heteroatoms. The van der Waals surface area contributed by atoms with Crippen molar-refractivity contribution in [2.45, 2.75) is 31.0 Å². The quantitative estimate of drug-likeness (QED) is 0.296. The summed E-state index contributed by atoms with van der Waals surface area (Å²) in [7, 11) is 4.75.